The summed E-state index contributed by atoms with van der Waals surface area (Å²) in [4.78, 5) is 14.0. The second-order valence-electron chi connectivity index (χ2n) is 4.83. The molecule has 1 aromatic carbocycles. The van der Waals surface area contributed by atoms with Crippen LogP contribution in [-0.4, -0.2) is 23.4 Å². The molecule has 0 radical (unpaired) electrons. The Bertz CT molecular complexity index is 411. The predicted octanol–water partition coefficient (Wildman–Crippen LogP) is 2.47. The van der Waals surface area contributed by atoms with E-state index in [1.54, 1.807) is 0 Å². The van der Waals surface area contributed by atoms with E-state index in [9.17, 15) is 4.79 Å². The van der Waals surface area contributed by atoms with Gasteiger partial charge < -0.3 is 4.90 Å². The molecule has 0 N–H and O–H groups in total. The zero-order valence-corrected chi connectivity index (χ0v) is 10.3. The van der Waals surface area contributed by atoms with Gasteiger partial charge in [-0.15, -0.1) is 0 Å². The molecular weight excluding hydrogens is 198 g/mol. The Kier molecular flexibility index (Phi) is 2.99. The van der Waals surface area contributed by atoms with Crippen molar-refractivity contribution in [1.29, 1.82) is 0 Å². The standard InChI is InChI=1S/C14H19NO/c1-10-4-5-11(2)13(8-10)9-14(16)15-7-6-12(15)3/h4-5,8,12H,6-7,9H2,1-3H3. The number of rotatable bonds is 2. The normalized spacial score (nSPS) is 19.4. The van der Waals surface area contributed by atoms with E-state index in [-0.39, 0.29) is 5.91 Å². The molecule has 0 saturated carbocycles. The summed E-state index contributed by atoms with van der Waals surface area (Å²) in [6, 6.07) is 6.75. The van der Waals surface area contributed by atoms with Crippen LogP contribution in [0.3, 0.4) is 0 Å². The lowest BCUT2D eigenvalue weighted by Crippen LogP contribution is -2.49. The number of carbonyl (C=O) groups excluding carboxylic acids is 1. The number of nitrogens with zero attached hydrogens (tertiary/aromatic N) is 1. The summed E-state index contributed by atoms with van der Waals surface area (Å²) in [7, 11) is 0. The highest BCUT2D eigenvalue weighted by Crippen LogP contribution is 2.19. The fraction of sp³-hybridized carbons (Fsp3) is 0.500. The van der Waals surface area contributed by atoms with Crippen molar-refractivity contribution in [3.05, 3.63) is 34.9 Å². The predicted molar refractivity (Wildman–Crippen MR) is 65.4 cm³/mol. The third-order valence-electron chi connectivity index (χ3n) is 3.49. The van der Waals surface area contributed by atoms with Crippen molar-refractivity contribution in [3.63, 3.8) is 0 Å². The number of hydrogen-bond donors (Lipinski definition) is 0. The second kappa shape index (κ2) is 4.28. The van der Waals surface area contributed by atoms with Gasteiger partial charge in [-0.2, -0.15) is 0 Å². The molecule has 0 aliphatic carbocycles. The van der Waals surface area contributed by atoms with Gasteiger partial charge in [0.05, 0.1) is 6.42 Å². The molecule has 1 heterocycles. The van der Waals surface area contributed by atoms with Crippen molar-refractivity contribution in [3.8, 4) is 0 Å². The summed E-state index contributed by atoms with van der Waals surface area (Å²) in [5.41, 5.74) is 3.61. The van der Waals surface area contributed by atoms with Gasteiger partial charge in [0.1, 0.15) is 0 Å². The molecule has 0 bridgehead atoms. The summed E-state index contributed by atoms with van der Waals surface area (Å²) in [5, 5.41) is 0. The molecule has 2 heteroatoms. The minimum Gasteiger partial charge on any atom is -0.340 e. The Balaban J connectivity index is 2.08. The summed E-state index contributed by atoms with van der Waals surface area (Å²) in [6.07, 6.45) is 1.70. The average Bonchev–Trinajstić information content (AvgIpc) is 2.21. The van der Waals surface area contributed by atoms with E-state index in [4.69, 9.17) is 0 Å². The Labute approximate surface area is 97.3 Å². The van der Waals surface area contributed by atoms with Crippen LogP contribution < -0.4 is 0 Å². The van der Waals surface area contributed by atoms with Gasteiger partial charge in [-0.1, -0.05) is 23.8 Å². The molecule has 2 rings (SSSR count). The van der Waals surface area contributed by atoms with Crippen molar-refractivity contribution in [1.82, 2.24) is 4.90 Å². The number of hydrogen-bond acceptors (Lipinski definition) is 1. The maximum absolute atomic E-state index is 12.0. The number of likely N-dealkylation sites (tertiary alicyclic amines) is 1. The Morgan fingerprint density at radius 3 is 2.75 bits per heavy atom. The molecular formula is C14H19NO. The molecule has 1 fully saturated rings. The van der Waals surface area contributed by atoms with E-state index in [2.05, 4.69) is 39.0 Å². The van der Waals surface area contributed by atoms with Gasteiger partial charge >= 0.3 is 0 Å². The molecule has 0 spiro atoms. The van der Waals surface area contributed by atoms with Gasteiger partial charge in [-0.3, -0.25) is 4.79 Å². The van der Waals surface area contributed by atoms with Gasteiger partial charge in [-0.05, 0) is 38.3 Å². The highest BCUT2D eigenvalue weighted by Gasteiger charge is 2.28. The van der Waals surface area contributed by atoms with Crippen LogP contribution in [0.15, 0.2) is 18.2 Å². The monoisotopic (exact) mass is 217 g/mol. The summed E-state index contributed by atoms with van der Waals surface area (Å²) >= 11 is 0. The van der Waals surface area contributed by atoms with Crippen molar-refractivity contribution in [2.45, 2.75) is 39.7 Å². The average molecular weight is 217 g/mol. The van der Waals surface area contributed by atoms with E-state index in [1.807, 2.05) is 4.90 Å². The van der Waals surface area contributed by atoms with E-state index < -0.39 is 0 Å². The van der Waals surface area contributed by atoms with Crippen LogP contribution in [0.25, 0.3) is 0 Å². The minimum atomic E-state index is 0.271. The fourth-order valence-electron chi connectivity index (χ4n) is 2.14. The van der Waals surface area contributed by atoms with Crippen LogP contribution >= 0.6 is 0 Å². The van der Waals surface area contributed by atoms with Gasteiger partial charge in [-0.25, -0.2) is 0 Å². The summed E-state index contributed by atoms with van der Waals surface area (Å²) in [6.45, 7) is 7.19. The first-order valence-electron chi connectivity index (χ1n) is 5.93. The molecule has 1 aliphatic rings. The highest BCUT2D eigenvalue weighted by molar-refractivity contribution is 5.80. The van der Waals surface area contributed by atoms with Crippen molar-refractivity contribution in [2.24, 2.45) is 0 Å². The summed E-state index contributed by atoms with van der Waals surface area (Å²) < 4.78 is 0. The van der Waals surface area contributed by atoms with Gasteiger partial charge in [0.15, 0.2) is 0 Å². The molecule has 1 unspecified atom stereocenters. The third kappa shape index (κ3) is 2.11. The molecule has 16 heavy (non-hydrogen) atoms. The number of carbonyl (C=O) groups is 1. The van der Waals surface area contributed by atoms with Crippen LogP contribution in [0.1, 0.15) is 30.0 Å². The first-order chi connectivity index (χ1) is 7.58. The topological polar surface area (TPSA) is 20.3 Å². The minimum absolute atomic E-state index is 0.271. The highest BCUT2D eigenvalue weighted by atomic mass is 16.2. The van der Waals surface area contributed by atoms with Crippen LogP contribution in [0.5, 0.6) is 0 Å². The number of aryl methyl sites for hydroxylation is 2. The Hall–Kier alpha value is -1.31. The maximum Gasteiger partial charge on any atom is 0.227 e. The third-order valence-corrected chi connectivity index (χ3v) is 3.49. The van der Waals surface area contributed by atoms with Crippen LogP contribution in [0.2, 0.25) is 0 Å². The van der Waals surface area contributed by atoms with E-state index in [0.29, 0.717) is 12.5 Å². The molecule has 1 saturated heterocycles. The van der Waals surface area contributed by atoms with Gasteiger partial charge in [0.25, 0.3) is 0 Å². The molecule has 1 atom stereocenters. The van der Waals surface area contributed by atoms with Gasteiger partial charge in [0.2, 0.25) is 5.91 Å². The smallest absolute Gasteiger partial charge is 0.227 e. The van der Waals surface area contributed by atoms with E-state index >= 15 is 0 Å². The lowest BCUT2D eigenvalue weighted by Gasteiger charge is -2.38. The summed E-state index contributed by atoms with van der Waals surface area (Å²) in [5.74, 6) is 0.271. The molecule has 1 amide bonds. The first kappa shape index (κ1) is 11.2. The molecule has 86 valence electrons. The second-order valence-corrected chi connectivity index (χ2v) is 4.83. The van der Waals surface area contributed by atoms with Crippen molar-refractivity contribution < 1.29 is 4.79 Å². The van der Waals surface area contributed by atoms with E-state index in [0.717, 1.165) is 13.0 Å². The largest absolute Gasteiger partial charge is 0.340 e. The van der Waals surface area contributed by atoms with Crippen molar-refractivity contribution >= 4 is 5.91 Å². The molecule has 1 aromatic rings. The number of benzene rings is 1. The SMILES string of the molecule is Cc1ccc(C)c(CC(=O)N2CCC2C)c1. The molecule has 2 nitrogen and oxygen atoms in total. The van der Waals surface area contributed by atoms with E-state index in [1.165, 1.54) is 16.7 Å². The van der Waals surface area contributed by atoms with Crippen LogP contribution in [0, 0.1) is 13.8 Å². The maximum atomic E-state index is 12.0. The molecule has 0 aromatic heterocycles. The number of amides is 1. The lowest BCUT2D eigenvalue weighted by molar-refractivity contribution is -0.137. The van der Waals surface area contributed by atoms with Gasteiger partial charge in [0, 0.05) is 12.6 Å². The zero-order valence-electron chi connectivity index (χ0n) is 10.3. The first-order valence-corrected chi connectivity index (χ1v) is 5.93. The van der Waals surface area contributed by atoms with Crippen LogP contribution in [-0.2, 0) is 11.2 Å². The Morgan fingerprint density at radius 2 is 2.19 bits per heavy atom. The zero-order chi connectivity index (χ0) is 11.7. The lowest BCUT2D eigenvalue weighted by atomic mass is 9.99. The molecule has 1 aliphatic heterocycles. The van der Waals surface area contributed by atoms with Crippen LogP contribution in [0.4, 0.5) is 0 Å². The fourth-order valence-corrected chi connectivity index (χ4v) is 2.14. The van der Waals surface area contributed by atoms with Crippen molar-refractivity contribution in [2.75, 3.05) is 6.54 Å². The Morgan fingerprint density at radius 1 is 1.44 bits per heavy atom. The quantitative estimate of drug-likeness (QED) is 0.745.